The van der Waals surface area contributed by atoms with Crippen LogP contribution in [0.25, 0.3) is 0 Å². The molecule has 0 aromatic heterocycles. The molecule has 7 atom stereocenters. The first-order valence-corrected chi connectivity index (χ1v) is 14.0. The van der Waals surface area contributed by atoms with Gasteiger partial charge in [0.2, 0.25) is 5.91 Å². The van der Waals surface area contributed by atoms with Gasteiger partial charge in [0.05, 0.1) is 17.4 Å². The van der Waals surface area contributed by atoms with Gasteiger partial charge in [-0.1, -0.05) is 62.7 Å². The molecule has 1 fully saturated rings. The number of carbonyl (C=O) groups is 5. The molecule has 1 amide bonds. The third-order valence-corrected chi connectivity index (χ3v) is 9.43. The fourth-order valence-electron chi connectivity index (χ4n) is 6.68. The summed E-state index contributed by atoms with van der Waals surface area (Å²) >= 11 is 3.31. The summed E-state index contributed by atoms with van der Waals surface area (Å²) in [5.41, 5.74) is 3.19. The van der Waals surface area contributed by atoms with E-state index in [1.165, 1.54) is 4.90 Å². The number of primary amides is 1. The van der Waals surface area contributed by atoms with Crippen molar-refractivity contribution in [1.29, 1.82) is 0 Å². The van der Waals surface area contributed by atoms with Crippen molar-refractivity contribution in [3.05, 3.63) is 39.0 Å². The van der Waals surface area contributed by atoms with Crippen LogP contribution < -0.4 is 5.73 Å². The molecule has 2 unspecified atom stereocenters. The molecule has 0 bridgehead atoms. The van der Waals surface area contributed by atoms with Crippen LogP contribution in [-0.4, -0.2) is 70.1 Å². The normalized spacial score (nSPS) is 31.8. The second-order valence-electron chi connectivity index (χ2n) is 12.1. The predicted molar refractivity (Wildman–Crippen MR) is 147 cm³/mol. The second kappa shape index (κ2) is 9.80. The van der Waals surface area contributed by atoms with Crippen molar-refractivity contribution in [2.75, 3.05) is 14.1 Å². The van der Waals surface area contributed by atoms with Crippen LogP contribution >= 0.6 is 15.9 Å². The zero-order valence-electron chi connectivity index (χ0n) is 23.6. The zero-order valence-corrected chi connectivity index (χ0v) is 25.2. The molecular formula is C29H35BrN2O8. The third-order valence-electron chi connectivity index (χ3n) is 8.57. The number of rotatable bonds is 4. The minimum Gasteiger partial charge on any atom is -0.507 e. The van der Waals surface area contributed by atoms with E-state index in [1.54, 1.807) is 40.1 Å². The maximum Gasteiger partial charge on any atom is 0.305 e. The predicted octanol–water partition coefficient (Wildman–Crippen LogP) is 2.33. The molecule has 4 rings (SSSR count). The number of benzene rings is 1. The Morgan fingerprint density at radius 3 is 2.25 bits per heavy atom. The molecule has 10 nitrogen and oxygen atoms in total. The summed E-state index contributed by atoms with van der Waals surface area (Å²) < 4.78 is 5.94. The number of aromatic hydroxyl groups is 1. The van der Waals surface area contributed by atoms with E-state index in [9.17, 15) is 34.2 Å². The van der Waals surface area contributed by atoms with Crippen molar-refractivity contribution < 1.29 is 38.9 Å². The number of esters is 1. The number of halogens is 1. The minimum atomic E-state index is -2.90. The summed E-state index contributed by atoms with van der Waals surface area (Å²) in [6.07, 6.45) is -1.35. The van der Waals surface area contributed by atoms with Gasteiger partial charge in [0.1, 0.15) is 17.8 Å². The third kappa shape index (κ3) is 4.03. The van der Waals surface area contributed by atoms with Crippen LogP contribution in [-0.2, 0) is 29.3 Å². The average molecular weight is 620 g/mol. The van der Waals surface area contributed by atoms with Crippen LogP contribution in [0.2, 0.25) is 0 Å². The summed E-state index contributed by atoms with van der Waals surface area (Å²) in [5.74, 6) is -11.4. The number of hydrogen-bond donors (Lipinski definition) is 3. The van der Waals surface area contributed by atoms with E-state index in [2.05, 4.69) is 15.9 Å². The monoisotopic (exact) mass is 618 g/mol. The van der Waals surface area contributed by atoms with E-state index in [4.69, 9.17) is 10.5 Å². The fraction of sp³-hybridized carbons (Fsp3) is 0.552. The number of hydrogen-bond acceptors (Lipinski definition) is 9. The van der Waals surface area contributed by atoms with Crippen LogP contribution in [0.15, 0.2) is 22.3 Å². The SMILES string of the molecule is CCC(=O)O[C@@H]1[C@@H]2C(C(=O)c3c(ccc(C(C)(C)C)c3O)[C@H]2C)C(=O)[C@@]2(O)C(=O)C(C(N)=O)C(Br)=C(N(C)C)[C@@H]12. The lowest BCUT2D eigenvalue weighted by Gasteiger charge is -2.55. The van der Waals surface area contributed by atoms with Crippen molar-refractivity contribution >= 4 is 45.2 Å². The molecule has 0 radical (unpaired) electrons. The Kier molecular flexibility index (Phi) is 7.33. The molecule has 4 N–H and O–H groups in total. The second-order valence-corrected chi connectivity index (χ2v) is 13.0. The molecule has 0 saturated heterocycles. The number of ether oxygens (including phenoxy) is 1. The number of phenolic OH excluding ortho intramolecular Hbond substituents is 1. The highest BCUT2D eigenvalue weighted by Gasteiger charge is 2.71. The molecule has 1 aromatic carbocycles. The Morgan fingerprint density at radius 1 is 1.15 bits per heavy atom. The van der Waals surface area contributed by atoms with E-state index in [0.29, 0.717) is 11.1 Å². The largest absolute Gasteiger partial charge is 0.507 e. The first kappa shape index (κ1) is 29.9. The van der Waals surface area contributed by atoms with Gasteiger partial charge in [-0.05, 0) is 22.5 Å². The Hall–Kier alpha value is -3.05. The molecule has 40 heavy (non-hydrogen) atoms. The van der Waals surface area contributed by atoms with Crippen molar-refractivity contribution in [2.45, 2.75) is 64.1 Å². The van der Waals surface area contributed by atoms with Gasteiger partial charge in [-0.2, -0.15) is 0 Å². The molecule has 1 saturated carbocycles. The van der Waals surface area contributed by atoms with Crippen LogP contribution in [0.4, 0.5) is 0 Å². The highest BCUT2D eigenvalue weighted by atomic mass is 79.9. The van der Waals surface area contributed by atoms with E-state index in [-0.39, 0.29) is 27.9 Å². The van der Waals surface area contributed by atoms with E-state index in [0.717, 1.165) is 0 Å². The van der Waals surface area contributed by atoms with Crippen molar-refractivity contribution in [1.82, 2.24) is 4.90 Å². The first-order valence-electron chi connectivity index (χ1n) is 13.2. The molecule has 11 heteroatoms. The molecule has 3 aliphatic carbocycles. The molecule has 3 aliphatic rings. The van der Waals surface area contributed by atoms with Crippen LogP contribution in [0.3, 0.4) is 0 Å². The number of nitrogens with two attached hydrogens (primary N) is 1. The van der Waals surface area contributed by atoms with E-state index >= 15 is 0 Å². The number of nitrogens with zero attached hydrogens (tertiary/aromatic N) is 1. The Labute approximate surface area is 241 Å². The average Bonchev–Trinajstić information content (AvgIpc) is 2.84. The van der Waals surface area contributed by atoms with Gasteiger partial charge in [0.15, 0.2) is 23.0 Å². The van der Waals surface area contributed by atoms with Crippen LogP contribution in [0.5, 0.6) is 5.75 Å². The molecule has 1 aromatic rings. The quantitative estimate of drug-likeness (QED) is 0.339. The van der Waals surface area contributed by atoms with Crippen molar-refractivity contribution in [3.63, 3.8) is 0 Å². The van der Waals surface area contributed by atoms with Gasteiger partial charge in [-0.3, -0.25) is 24.0 Å². The fourth-order valence-corrected chi connectivity index (χ4v) is 7.72. The maximum absolute atomic E-state index is 14.3. The summed E-state index contributed by atoms with van der Waals surface area (Å²) in [7, 11) is 3.19. The summed E-state index contributed by atoms with van der Waals surface area (Å²) in [6, 6.07) is 3.46. The Morgan fingerprint density at radius 2 is 1.75 bits per heavy atom. The Balaban J connectivity index is 2.06. The van der Waals surface area contributed by atoms with Crippen molar-refractivity contribution in [3.8, 4) is 5.75 Å². The topological polar surface area (TPSA) is 164 Å². The number of phenols is 1. The van der Waals surface area contributed by atoms with E-state index < -0.39 is 75.9 Å². The Bertz CT molecular complexity index is 1380. The highest BCUT2D eigenvalue weighted by Crippen LogP contribution is 2.57. The molecule has 0 aliphatic heterocycles. The molecule has 216 valence electrons. The van der Waals surface area contributed by atoms with Gasteiger partial charge in [-0.15, -0.1) is 0 Å². The van der Waals surface area contributed by atoms with Crippen molar-refractivity contribution in [2.24, 2.45) is 29.4 Å². The number of aliphatic hydroxyl groups is 1. The maximum atomic E-state index is 14.3. The lowest BCUT2D eigenvalue weighted by molar-refractivity contribution is -0.191. The van der Waals surface area contributed by atoms with Gasteiger partial charge < -0.3 is 25.6 Å². The summed E-state index contributed by atoms with van der Waals surface area (Å²) in [6.45, 7) is 8.93. The van der Waals surface area contributed by atoms with E-state index in [1.807, 2.05) is 20.8 Å². The van der Waals surface area contributed by atoms with Gasteiger partial charge in [0, 0.05) is 36.6 Å². The summed E-state index contributed by atoms with van der Waals surface area (Å²) in [4.78, 5) is 69.0. The lowest BCUT2D eigenvalue weighted by atomic mass is 9.51. The number of carbonyl (C=O) groups excluding carboxylic acids is 5. The molecular weight excluding hydrogens is 584 g/mol. The zero-order chi connectivity index (χ0) is 30.2. The number of ketones is 3. The standard InChI is InChI=1S/C29H35BrN2O8/c1-8-14(33)40-24-15-11(2)12-9-10-13(28(3,4)5)22(34)16(12)23(35)17(15)25(36)29(39)19(24)21(32(6)7)20(30)18(26(29)37)27(31)38/h9-11,15,17-19,24,34,39H,8H2,1-7H3,(H2,31,38)/t11-,15+,17?,18?,19+,24-,29-/m1/s1. The first-order chi connectivity index (χ1) is 18.4. The highest BCUT2D eigenvalue weighted by molar-refractivity contribution is 9.11. The van der Waals surface area contributed by atoms with Crippen LogP contribution in [0, 0.1) is 23.7 Å². The summed E-state index contributed by atoms with van der Waals surface area (Å²) in [5, 5.41) is 23.4. The lowest BCUT2D eigenvalue weighted by Crippen LogP contribution is -2.72. The smallest absolute Gasteiger partial charge is 0.305 e. The minimum absolute atomic E-state index is 0.0400. The van der Waals surface area contributed by atoms with Gasteiger partial charge >= 0.3 is 5.97 Å². The molecule has 0 spiro atoms. The van der Waals surface area contributed by atoms with Crippen LogP contribution in [0.1, 0.15) is 68.4 Å². The molecule has 0 heterocycles. The van der Waals surface area contributed by atoms with Gasteiger partial charge in [0.25, 0.3) is 0 Å². The number of Topliss-reactive ketones (excluding diaryl/α,β-unsaturated/α-hetero) is 3. The number of amides is 1. The van der Waals surface area contributed by atoms with Gasteiger partial charge in [-0.25, -0.2) is 0 Å². The number of fused-ring (bicyclic) bond motifs is 3.